The van der Waals surface area contributed by atoms with Crippen LogP contribution in [0.25, 0.3) is 17.5 Å². The zero-order valence-corrected chi connectivity index (χ0v) is 12.4. The van der Waals surface area contributed by atoms with Gasteiger partial charge in [-0.2, -0.15) is 0 Å². The number of hydrogen-bond acceptors (Lipinski definition) is 4. The molecule has 1 atom stereocenters. The summed E-state index contributed by atoms with van der Waals surface area (Å²) in [6, 6.07) is 7.69. The number of hydrogen-bond donors (Lipinski definition) is 2. The molecule has 0 amide bonds. The lowest BCUT2D eigenvalue weighted by Crippen LogP contribution is -2.34. The van der Waals surface area contributed by atoms with Gasteiger partial charge in [0.2, 0.25) is 5.95 Å². The van der Waals surface area contributed by atoms with Crippen LogP contribution in [0.15, 0.2) is 36.5 Å². The van der Waals surface area contributed by atoms with Crippen molar-refractivity contribution in [1.82, 2.24) is 14.9 Å². The molecule has 3 rings (SSSR count). The van der Waals surface area contributed by atoms with Crippen molar-refractivity contribution in [2.75, 3.05) is 25.6 Å². The molecule has 1 aromatic carbocycles. The van der Waals surface area contributed by atoms with Gasteiger partial charge in [0.1, 0.15) is 11.9 Å². The standard InChI is InChI=1S/C16H19FN4O/c1-18-15-6-8-21-11-14(19-16(21)20-15)12-4-2-5-13(10-12)22-9-3-7-17/h2,4-6,8,10-11,15,18H,3,7,9H2,1H3,(H,19,20). The number of halogens is 1. The number of ether oxygens (including phenoxy) is 1. The van der Waals surface area contributed by atoms with Crippen molar-refractivity contribution < 1.29 is 9.13 Å². The van der Waals surface area contributed by atoms with Crippen LogP contribution >= 0.6 is 0 Å². The number of nitrogens with zero attached hydrogens (tertiary/aromatic N) is 2. The smallest absolute Gasteiger partial charge is 0.209 e. The average molecular weight is 302 g/mol. The fourth-order valence-corrected chi connectivity index (χ4v) is 2.28. The van der Waals surface area contributed by atoms with Crippen molar-refractivity contribution in [3.8, 4) is 17.0 Å². The molecule has 116 valence electrons. The van der Waals surface area contributed by atoms with E-state index in [2.05, 4.69) is 15.6 Å². The van der Waals surface area contributed by atoms with E-state index >= 15 is 0 Å². The molecule has 1 aliphatic heterocycles. The van der Waals surface area contributed by atoms with Gasteiger partial charge >= 0.3 is 0 Å². The number of alkyl halides is 1. The first-order valence-corrected chi connectivity index (χ1v) is 7.30. The van der Waals surface area contributed by atoms with Gasteiger partial charge in [-0.1, -0.05) is 12.1 Å². The molecule has 0 fully saturated rings. The average Bonchev–Trinajstić information content (AvgIpc) is 2.98. The van der Waals surface area contributed by atoms with E-state index < -0.39 is 0 Å². The molecule has 0 spiro atoms. The zero-order valence-electron chi connectivity index (χ0n) is 12.4. The van der Waals surface area contributed by atoms with E-state index in [1.165, 1.54) is 0 Å². The van der Waals surface area contributed by atoms with E-state index in [1.807, 2.05) is 54.4 Å². The minimum atomic E-state index is -0.363. The Balaban J connectivity index is 1.79. The molecule has 22 heavy (non-hydrogen) atoms. The van der Waals surface area contributed by atoms with E-state index in [9.17, 15) is 4.39 Å². The lowest BCUT2D eigenvalue weighted by Gasteiger charge is -2.18. The fraction of sp³-hybridized carbons (Fsp3) is 0.312. The van der Waals surface area contributed by atoms with Gasteiger partial charge < -0.3 is 10.1 Å². The van der Waals surface area contributed by atoms with E-state index in [1.54, 1.807) is 0 Å². The molecule has 1 unspecified atom stereocenters. The first-order valence-electron chi connectivity index (χ1n) is 7.30. The summed E-state index contributed by atoms with van der Waals surface area (Å²) in [6.45, 7) is 0.0197. The molecule has 2 N–H and O–H groups in total. The Morgan fingerprint density at radius 3 is 3.18 bits per heavy atom. The highest BCUT2D eigenvalue weighted by Crippen LogP contribution is 2.26. The first-order chi connectivity index (χ1) is 10.8. The highest BCUT2D eigenvalue weighted by atomic mass is 19.1. The molecule has 5 nitrogen and oxygen atoms in total. The van der Waals surface area contributed by atoms with Crippen LogP contribution in [0.4, 0.5) is 10.3 Å². The third-order valence-corrected chi connectivity index (χ3v) is 3.44. The predicted molar refractivity (Wildman–Crippen MR) is 85.6 cm³/mol. The van der Waals surface area contributed by atoms with Gasteiger partial charge in [0.15, 0.2) is 0 Å². The first kappa shape index (κ1) is 14.6. The van der Waals surface area contributed by atoms with Gasteiger partial charge in [0, 0.05) is 24.4 Å². The van der Waals surface area contributed by atoms with Gasteiger partial charge in [0.25, 0.3) is 0 Å². The Kier molecular flexibility index (Phi) is 4.39. The predicted octanol–water partition coefficient (Wildman–Crippen LogP) is 2.73. The maximum Gasteiger partial charge on any atom is 0.209 e. The second-order valence-corrected chi connectivity index (χ2v) is 5.03. The van der Waals surface area contributed by atoms with Crippen molar-refractivity contribution >= 4 is 12.1 Å². The number of likely N-dealkylation sites (N-methyl/N-ethyl adjacent to an activating group) is 1. The Bertz CT molecular complexity index is 668. The molecule has 0 bridgehead atoms. The van der Waals surface area contributed by atoms with Crippen molar-refractivity contribution in [3.05, 3.63) is 36.5 Å². The summed E-state index contributed by atoms with van der Waals surface area (Å²) < 4.78 is 19.6. The van der Waals surface area contributed by atoms with Crippen molar-refractivity contribution in [2.45, 2.75) is 12.6 Å². The number of aromatic nitrogens is 2. The van der Waals surface area contributed by atoms with Gasteiger partial charge in [-0.3, -0.25) is 14.3 Å². The lowest BCUT2D eigenvalue weighted by molar-refractivity contribution is 0.290. The molecule has 0 aliphatic carbocycles. The van der Waals surface area contributed by atoms with E-state index in [0.29, 0.717) is 13.0 Å². The molecule has 2 aromatic rings. The van der Waals surface area contributed by atoms with Crippen LogP contribution in [0.2, 0.25) is 0 Å². The van der Waals surface area contributed by atoms with E-state index in [0.717, 1.165) is 23.0 Å². The van der Waals surface area contributed by atoms with Crippen LogP contribution in [-0.4, -0.2) is 36.0 Å². The van der Waals surface area contributed by atoms with E-state index in [4.69, 9.17) is 4.74 Å². The Hall–Kier alpha value is -2.34. The number of anilines is 1. The van der Waals surface area contributed by atoms with Crippen LogP contribution < -0.4 is 15.4 Å². The lowest BCUT2D eigenvalue weighted by atomic mass is 10.1. The van der Waals surface area contributed by atoms with Gasteiger partial charge in [-0.15, -0.1) is 0 Å². The highest BCUT2D eigenvalue weighted by Gasteiger charge is 2.14. The summed E-state index contributed by atoms with van der Waals surface area (Å²) in [6.07, 6.45) is 6.45. The number of rotatable bonds is 6. The van der Waals surface area contributed by atoms with Gasteiger partial charge in [-0.05, 0) is 25.3 Å². The summed E-state index contributed by atoms with van der Waals surface area (Å²) in [5.41, 5.74) is 1.83. The summed E-state index contributed by atoms with van der Waals surface area (Å²) in [5, 5.41) is 6.40. The fourth-order valence-electron chi connectivity index (χ4n) is 2.28. The van der Waals surface area contributed by atoms with Crippen LogP contribution in [0.5, 0.6) is 5.75 Å². The summed E-state index contributed by atoms with van der Waals surface area (Å²) in [5.74, 6) is 1.52. The summed E-state index contributed by atoms with van der Waals surface area (Å²) >= 11 is 0. The molecule has 6 heteroatoms. The Morgan fingerprint density at radius 1 is 1.45 bits per heavy atom. The number of nitrogens with one attached hydrogen (secondary N) is 2. The van der Waals surface area contributed by atoms with Crippen molar-refractivity contribution in [2.24, 2.45) is 0 Å². The molecule has 2 heterocycles. The summed E-state index contributed by atoms with van der Waals surface area (Å²) in [7, 11) is 1.89. The van der Waals surface area contributed by atoms with Crippen molar-refractivity contribution in [3.63, 3.8) is 0 Å². The largest absolute Gasteiger partial charge is 0.493 e. The topological polar surface area (TPSA) is 51.1 Å². The normalized spacial score (nSPS) is 16.2. The Labute approximate surface area is 128 Å². The third kappa shape index (κ3) is 3.12. The van der Waals surface area contributed by atoms with Crippen molar-refractivity contribution in [1.29, 1.82) is 0 Å². The van der Waals surface area contributed by atoms with Crippen LogP contribution in [0.3, 0.4) is 0 Å². The molecule has 0 radical (unpaired) electrons. The van der Waals surface area contributed by atoms with E-state index in [-0.39, 0.29) is 12.8 Å². The summed E-state index contributed by atoms with van der Waals surface area (Å²) in [4.78, 5) is 4.60. The van der Waals surface area contributed by atoms with Crippen LogP contribution in [0, 0.1) is 0 Å². The monoisotopic (exact) mass is 302 g/mol. The molecule has 1 aliphatic rings. The Morgan fingerprint density at radius 2 is 2.36 bits per heavy atom. The maximum absolute atomic E-state index is 12.1. The molecular weight excluding hydrogens is 283 g/mol. The van der Waals surface area contributed by atoms with Crippen LogP contribution in [-0.2, 0) is 0 Å². The van der Waals surface area contributed by atoms with Gasteiger partial charge in [-0.25, -0.2) is 4.98 Å². The quantitative estimate of drug-likeness (QED) is 0.806. The number of benzene rings is 1. The number of imidazole rings is 1. The third-order valence-electron chi connectivity index (χ3n) is 3.44. The van der Waals surface area contributed by atoms with Crippen LogP contribution in [0.1, 0.15) is 6.42 Å². The number of fused-ring (bicyclic) bond motifs is 1. The maximum atomic E-state index is 12.1. The SMILES string of the molecule is CNC1C=Cn2cc(-c3cccc(OCCCF)c3)nc2N1. The molecular formula is C16H19FN4O. The minimum Gasteiger partial charge on any atom is -0.493 e. The second kappa shape index (κ2) is 6.62. The van der Waals surface area contributed by atoms with Gasteiger partial charge in [0.05, 0.1) is 19.0 Å². The molecule has 1 aromatic heterocycles. The molecule has 0 saturated carbocycles. The second-order valence-electron chi connectivity index (χ2n) is 5.03. The minimum absolute atomic E-state index is 0.0816. The zero-order chi connectivity index (χ0) is 15.4. The molecule has 0 saturated heterocycles. The highest BCUT2D eigenvalue weighted by molar-refractivity contribution is 5.65.